The molecule has 20 heavy (non-hydrogen) atoms. The summed E-state index contributed by atoms with van der Waals surface area (Å²) in [5.41, 5.74) is 2.47. The summed E-state index contributed by atoms with van der Waals surface area (Å²) in [6.45, 7) is 1.83. The van der Waals surface area contributed by atoms with Crippen LogP contribution in [0.1, 0.15) is 12.5 Å². The van der Waals surface area contributed by atoms with Gasteiger partial charge in [-0.1, -0.05) is 42.5 Å². The quantitative estimate of drug-likeness (QED) is 0.858. The van der Waals surface area contributed by atoms with Crippen LogP contribution in [0.5, 0.6) is 0 Å². The molecule has 0 saturated carbocycles. The van der Waals surface area contributed by atoms with E-state index in [2.05, 4.69) is 4.99 Å². The summed E-state index contributed by atoms with van der Waals surface area (Å²) < 4.78 is 0. The van der Waals surface area contributed by atoms with Gasteiger partial charge in [-0.2, -0.15) is 0 Å². The lowest BCUT2D eigenvalue weighted by molar-refractivity contribution is -0.115. The molecule has 4 nitrogen and oxygen atoms in total. The zero-order valence-electron chi connectivity index (χ0n) is 11.2. The summed E-state index contributed by atoms with van der Waals surface area (Å²) in [4.78, 5) is 14.7. The second kappa shape index (κ2) is 6.63. The summed E-state index contributed by atoms with van der Waals surface area (Å²) in [6.07, 6.45) is 8.71. The van der Waals surface area contributed by atoms with E-state index in [0.29, 0.717) is 12.3 Å². The molecule has 1 aliphatic carbocycles. The lowest BCUT2D eigenvalue weighted by atomic mass is 10.1. The highest BCUT2D eigenvalue weighted by atomic mass is 16.5. The van der Waals surface area contributed by atoms with Gasteiger partial charge in [-0.05, 0) is 23.3 Å². The summed E-state index contributed by atoms with van der Waals surface area (Å²) in [5.74, 6) is -0.227. The fraction of sp³-hybridized carbons (Fsp3) is 0.125. The van der Waals surface area contributed by atoms with Crippen LogP contribution in [0.3, 0.4) is 0 Å². The molecule has 0 bridgehead atoms. The van der Waals surface area contributed by atoms with Gasteiger partial charge in [0, 0.05) is 13.1 Å². The van der Waals surface area contributed by atoms with E-state index in [1.807, 2.05) is 30.3 Å². The molecule has 1 aromatic carbocycles. The lowest BCUT2D eigenvalue weighted by Gasteiger charge is -2.13. The average molecular weight is 268 g/mol. The van der Waals surface area contributed by atoms with Crippen molar-refractivity contribution >= 4 is 11.6 Å². The Balaban J connectivity index is 1.99. The average Bonchev–Trinajstić information content (AvgIpc) is 2.41. The maximum absolute atomic E-state index is 10.9. The van der Waals surface area contributed by atoms with Crippen LogP contribution < -0.4 is 0 Å². The van der Waals surface area contributed by atoms with Crippen molar-refractivity contribution in [2.45, 2.75) is 13.5 Å². The fourth-order valence-electron chi connectivity index (χ4n) is 1.80. The Morgan fingerprint density at radius 1 is 1.20 bits per heavy atom. The smallest absolute Gasteiger partial charge is 0.243 e. The zero-order chi connectivity index (χ0) is 14.4. The molecule has 0 fully saturated rings. The van der Waals surface area contributed by atoms with Crippen molar-refractivity contribution < 1.29 is 10.0 Å². The first-order valence-corrected chi connectivity index (χ1v) is 6.30. The number of rotatable bonds is 3. The summed E-state index contributed by atoms with van der Waals surface area (Å²) in [7, 11) is 0. The molecule has 1 N–H and O–H groups in total. The third-order valence-electron chi connectivity index (χ3n) is 2.67. The number of carbonyl (C=O) groups excluding carboxylic acids is 1. The molecule has 2 rings (SSSR count). The van der Waals surface area contributed by atoms with Gasteiger partial charge < -0.3 is 0 Å². The molecule has 0 spiro atoms. The molecule has 0 aromatic heterocycles. The predicted molar refractivity (Wildman–Crippen MR) is 78.3 cm³/mol. The van der Waals surface area contributed by atoms with Gasteiger partial charge in [0.15, 0.2) is 0 Å². The molecule has 1 amide bonds. The topological polar surface area (TPSA) is 52.9 Å². The van der Waals surface area contributed by atoms with Gasteiger partial charge in [0.1, 0.15) is 0 Å². The van der Waals surface area contributed by atoms with Crippen molar-refractivity contribution in [1.29, 1.82) is 0 Å². The first-order valence-electron chi connectivity index (χ1n) is 6.30. The maximum Gasteiger partial charge on any atom is 0.243 e. The van der Waals surface area contributed by atoms with Crippen LogP contribution in [0, 0.1) is 0 Å². The van der Waals surface area contributed by atoms with E-state index in [1.54, 1.807) is 30.5 Å². The van der Waals surface area contributed by atoms with Crippen molar-refractivity contribution in [2.75, 3.05) is 0 Å². The number of allylic oxidation sites excluding steroid dienone is 5. The monoisotopic (exact) mass is 268 g/mol. The van der Waals surface area contributed by atoms with Gasteiger partial charge >= 0.3 is 0 Å². The van der Waals surface area contributed by atoms with Crippen LogP contribution in [0.25, 0.3) is 0 Å². The van der Waals surface area contributed by atoms with Crippen LogP contribution in [0.15, 0.2) is 71.4 Å². The number of hydrogen-bond donors (Lipinski definition) is 1. The number of aliphatic imine (C=N–C) groups is 1. The van der Waals surface area contributed by atoms with E-state index in [4.69, 9.17) is 0 Å². The SMILES string of the molecule is CC(=O)N=C1C=CC(=CN(O)Cc2ccccc2)C=C1. The highest BCUT2D eigenvalue weighted by Gasteiger charge is 2.02. The summed E-state index contributed by atoms with van der Waals surface area (Å²) in [5, 5.41) is 11.0. The summed E-state index contributed by atoms with van der Waals surface area (Å²) >= 11 is 0. The molecular formula is C16H16N2O2. The van der Waals surface area contributed by atoms with Gasteiger partial charge in [0.2, 0.25) is 5.91 Å². The van der Waals surface area contributed by atoms with Crippen LogP contribution in [0.4, 0.5) is 0 Å². The third kappa shape index (κ3) is 4.33. The number of carbonyl (C=O) groups is 1. The molecule has 0 saturated heterocycles. The fourth-order valence-corrected chi connectivity index (χ4v) is 1.80. The molecular weight excluding hydrogens is 252 g/mol. The molecule has 4 heteroatoms. The van der Waals surface area contributed by atoms with Crippen molar-refractivity contribution in [1.82, 2.24) is 5.06 Å². The molecule has 0 heterocycles. The van der Waals surface area contributed by atoms with Crippen molar-refractivity contribution in [2.24, 2.45) is 4.99 Å². The highest BCUT2D eigenvalue weighted by Crippen LogP contribution is 2.10. The minimum absolute atomic E-state index is 0.227. The van der Waals surface area contributed by atoms with E-state index < -0.39 is 0 Å². The molecule has 0 aliphatic heterocycles. The number of nitrogens with zero attached hydrogens (tertiary/aromatic N) is 2. The lowest BCUT2D eigenvalue weighted by Crippen LogP contribution is -2.12. The number of benzene rings is 1. The minimum Gasteiger partial charge on any atom is -0.289 e. The van der Waals surface area contributed by atoms with Crippen molar-refractivity contribution in [3.05, 3.63) is 72.0 Å². The maximum atomic E-state index is 10.9. The van der Waals surface area contributed by atoms with E-state index >= 15 is 0 Å². The van der Waals surface area contributed by atoms with Gasteiger partial charge in [-0.3, -0.25) is 15.1 Å². The van der Waals surface area contributed by atoms with Crippen LogP contribution in [0.2, 0.25) is 0 Å². The molecule has 0 radical (unpaired) electrons. The zero-order valence-corrected chi connectivity index (χ0v) is 11.2. The molecule has 0 unspecified atom stereocenters. The molecule has 1 aliphatic rings. The third-order valence-corrected chi connectivity index (χ3v) is 2.67. The standard InChI is InChI=1S/C16H16N2O2/c1-13(19)17-16-9-7-15(8-10-16)12-18(20)11-14-5-3-2-4-6-14/h2-10,12,20H,11H2,1H3. The molecule has 0 atom stereocenters. The van der Waals surface area contributed by atoms with Crippen LogP contribution >= 0.6 is 0 Å². The van der Waals surface area contributed by atoms with Crippen LogP contribution in [-0.2, 0) is 11.3 Å². The predicted octanol–water partition coefficient (Wildman–Crippen LogP) is 2.88. The second-order valence-electron chi connectivity index (χ2n) is 4.43. The van der Waals surface area contributed by atoms with E-state index in [1.165, 1.54) is 6.92 Å². The van der Waals surface area contributed by atoms with Crippen LogP contribution in [-0.4, -0.2) is 21.9 Å². The van der Waals surface area contributed by atoms with E-state index in [9.17, 15) is 10.0 Å². The number of hydroxylamine groups is 2. The largest absolute Gasteiger partial charge is 0.289 e. The molecule has 102 valence electrons. The Bertz CT molecular complexity index is 580. The minimum atomic E-state index is -0.227. The van der Waals surface area contributed by atoms with Crippen molar-refractivity contribution in [3.63, 3.8) is 0 Å². The number of amides is 1. The number of hydrogen-bond acceptors (Lipinski definition) is 3. The Labute approximate surface area is 118 Å². The van der Waals surface area contributed by atoms with Crippen molar-refractivity contribution in [3.8, 4) is 0 Å². The van der Waals surface area contributed by atoms with Gasteiger partial charge in [0.05, 0.1) is 12.3 Å². The van der Waals surface area contributed by atoms with E-state index in [0.717, 1.165) is 16.2 Å². The van der Waals surface area contributed by atoms with Gasteiger partial charge in [-0.25, -0.2) is 4.99 Å². The Kier molecular flexibility index (Phi) is 4.63. The summed E-state index contributed by atoms with van der Waals surface area (Å²) in [6, 6.07) is 9.70. The Hall–Kier alpha value is -2.46. The molecule has 1 aromatic rings. The first-order chi connectivity index (χ1) is 9.63. The first kappa shape index (κ1) is 14.0. The van der Waals surface area contributed by atoms with E-state index in [-0.39, 0.29) is 5.91 Å². The normalized spacial score (nSPS) is 13.3. The Morgan fingerprint density at radius 3 is 2.45 bits per heavy atom. The highest BCUT2D eigenvalue weighted by molar-refractivity contribution is 6.10. The van der Waals surface area contributed by atoms with Gasteiger partial charge in [-0.15, -0.1) is 0 Å². The second-order valence-corrected chi connectivity index (χ2v) is 4.43. The van der Waals surface area contributed by atoms with Gasteiger partial charge in [0.25, 0.3) is 0 Å². The Morgan fingerprint density at radius 2 is 1.85 bits per heavy atom.